The van der Waals surface area contributed by atoms with E-state index in [9.17, 15) is 9.35 Å². The number of benzene rings is 1. The summed E-state index contributed by atoms with van der Waals surface area (Å²) in [6.07, 6.45) is 0.0347. The monoisotopic (exact) mass is 419 g/mol. The van der Waals surface area contributed by atoms with Crippen LogP contribution in [0.15, 0.2) is 22.7 Å². The number of carbonyl (C=O) groups excluding carboxylic acids is 1. The first-order valence-electron chi connectivity index (χ1n) is 7.73. The van der Waals surface area contributed by atoms with Gasteiger partial charge in [-0.25, -0.2) is 0 Å². The molecule has 1 rings (SSSR count). The minimum absolute atomic E-state index is 0.0347. The molecule has 0 amide bonds. The molecule has 7 heteroatoms. The highest BCUT2D eigenvalue weighted by Gasteiger charge is 2.40. The molecule has 0 spiro atoms. The standard InChI is InChI=1S/C17H26BrNO4S/c1-7-23-14-10-12(18)8-9-13(14)17(5,11-15(20)22-6)19-24(21)16(2,3)4/h8-10,19H,7,11H2,1-6H3/t17-,24?/m1/s1. The Morgan fingerprint density at radius 3 is 2.46 bits per heavy atom. The second-order valence-corrected chi connectivity index (χ2v) is 9.52. The summed E-state index contributed by atoms with van der Waals surface area (Å²) < 4.78 is 26.7. The predicted molar refractivity (Wildman–Crippen MR) is 100 cm³/mol. The van der Waals surface area contributed by atoms with Crippen LogP contribution in [0.5, 0.6) is 5.75 Å². The van der Waals surface area contributed by atoms with Gasteiger partial charge in [-0.3, -0.25) is 4.79 Å². The summed E-state index contributed by atoms with van der Waals surface area (Å²) in [5.41, 5.74) is -0.133. The Morgan fingerprint density at radius 2 is 1.96 bits per heavy atom. The number of rotatable bonds is 7. The van der Waals surface area contributed by atoms with E-state index in [-0.39, 0.29) is 12.4 Å². The van der Waals surface area contributed by atoms with E-state index >= 15 is 0 Å². The first-order valence-corrected chi connectivity index (χ1v) is 9.67. The van der Waals surface area contributed by atoms with Gasteiger partial charge in [-0.05, 0) is 46.8 Å². The van der Waals surface area contributed by atoms with Crippen molar-refractivity contribution in [2.45, 2.75) is 51.3 Å². The van der Waals surface area contributed by atoms with E-state index in [0.717, 1.165) is 10.0 Å². The van der Waals surface area contributed by atoms with Gasteiger partial charge in [0, 0.05) is 21.4 Å². The highest BCUT2D eigenvalue weighted by molar-refractivity contribution is 9.10. The molecule has 1 aromatic carbocycles. The Morgan fingerprint density at radius 1 is 1.33 bits per heavy atom. The van der Waals surface area contributed by atoms with Crippen molar-refractivity contribution in [1.29, 1.82) is 0 Å². The summed E-state index contributed by atoms with van der Waals surface area (Å²) in [6, 6.07) is 5.58. The van der Waals surface area contributed by atoms with Crippen LogP contribution >= 0.6 is 15.9 Å². The van der Waals surface area contributed by atoms with E-state index in [1.807, 2.05) is 52.8 Å². The molecule has 0 aliphatic rings. The van der Waals surface area contributed by atoms with Gasteiger partial charge in [0.1, 0.15) is 10.5 Å². The van der Waals surface area contributed by atoms with Gasteiger partial charge in [-0.15, -0.1) is 4.72 Å². The van der Waals surface area contributed by atoms with Crippen LogP contribution in [0.25, 0.3) is 0 Å². The third-order valence-corrected chi connectivity index (χ3v) is 5.68. The van der Waals surface area contributed by atoms with Crippen LogP contribution in [0.1, 0.15) is 46.6 Å². The Bertz CT molecular complexity index is 576. The van der Waals surface area contributed by atoms with Crippen molar-refractivity contribution >= 4 is 33.3 Å². The summed E-state index contributed by atoms with van der Waals surface area (Å²) in [4.78, 5) is 12.0. The van der Waals surface area contributed by atoms with Crippen LogP contribution in [0, 0.1) is 0 Å². The molecule has 5 nitrogen and oxygen atoms in total. The number of carbonyl (C=O) groups is 1. The van der Waals surface area contributed by atoms with Crippen molar-refractivity contribution in [2.75, 3.05) is 13.7 Å². The van der Waals surface area contributed by atoms with Gasteiger partial charge in [-0.2, -0.15) is 0 Å². The third kappa shape index (κ3) is 5.65. The zero-order valence-electron chi connectivity index (χ0n) is 15.1. The first-order chi connectivity index (χ1) is 11.0. The number of nitrogens with one attached hydrogen (secondary N) is 1. The van der Waals surface area contributed by atoms with Gasteiger partial charge in [0.15, 0.2) is 0 Å². The number of methoxy groups -OCH3 is 1. The van der Waals surface area contributed by atoms with E-state index in [4.69, 9.17) is 9.47 Å². The lowest BCUT2D eigenvalue weighted by Gasteiger charge is -2.35. The number of ether oxygens (including phenoxy) is 2. The molecule has 0 heterocycles. The Balaban J connectivity index is 3.34. The van der Waals surface area contributed by atoms with E-state index in [2.05, 4.69) is 20.7 Å². The van der Waals surface area contributed by atoms with Crippen molar-refractivity contribution in [3.05, 3.63) is 28.2 Å². The molecule has 1 N–H and O–H groups in total. The Hall–Kier alpha value is -0.760. The molecular formula is C17H26BrNO4S. The zero-order valence-corrected chi connectivity index (χ0v) is 17.5. The van der Waals surface area contributed by atoms with Crippen molar-refractivity contribution in [1.82, 2.24) is 4.72 Å². The smallest absolute Gasteiger partial charge is 0.307 e. The normalized spacial score (nSPS) is 15.5. The summed E-state index contributed by atoms with van der Waals surface area (Å²) in [5.74, 6) is 0.248. The predicted octanol–water partition coefficient (Wildman–Crippen LogP) is 3.68. The minimum Gasteiger partial charge on any atom is -0.598 e. The van der Waals surface area contributed by atoms with Crippen LogP contribution in [-0.4, -0.2) is 29.0 Å². The third-order valence-electron chi connectivity index (χ3n) is 3.44. The summed E-state index contributed by atoms with van der Waals surface area (Å²) in [6.45, 7) is 9.83. The molecule has 0 saturated heterocycles. The van der Waals surface area contributed by atoms with Crippen LogP contribution < -0.4 is 9.46 Å². The van der Waals surface area contributed by atoms with E-state index < -0.39 is 21.6 Å². The largest absolute Gasteiger partial charge is 0.598 e. The van der Waals surface area contributed by atoms with Gasteiger partial charge in [-0.1, -0.05) is 22.0 Å². The van der Waals surface area contributed by atoms with E-state index in [0.29, 0.717) is 12.4 Å². The van der Waals surface area contributed by atoms with Crippen molar-refractivity contribution in [2.24, 2.45) is 0 Å². The Kier molecular flexibility index (Phi) is 7.59. The summed E-state index contributed by atoms with van der Waals surface area (Å²) in [7, 11) is 1.34. The van der Waals surface area contributed by atoms with Gasteiger partial charge < -0.3 is 14.0 Å². The molecule has 136 valence electrons. The lowest BCUT2D eigenvalue weighted by atomic mass is 9.89. The van der Waals surface area contributed by atoms with Crippen LogP contribution in [-0.2, 0) is 26.4 Å². The number of hydrogen-bond donors (Lipinski definition) is 1. The van der Waals surface area contributed by atoms with E-state index in [1.165, 1.54) is 7.11 Å². The van der Waals surface area contributed by atoms with Crippen molar-refractivity contribution in [3.8, 4) is 5.75 Å². The van der Waals surface area contributed by atoms with Gasteiger partial charge in [0.25, 0.3) is 0 Å². The van der Waals surface area contributed by atoms with Crippen LogP contribution in [0.2, 0.25) is 0 Å². The number of hydrogen-bond acceptors (Lipinski definition) is 5. The SMILES string of the molecule is CCOc1cc(Br)ccc1[C@@](C)(CC(=O)OC)N[S+]([O-])C(C)(C)C. The fourth-order valence-corrected chi connectivity index (χ4v) is 3.37. The highest BCUT2D eigenvalue weighted by Crippen LogP contribution is 2.36. The molecule has 0 saturated carbocycles. The van der Waals surface area contributed by atoms with E-state index in [1.54, 1.807) is 0 Å². The first kappa shape index (κ1) is 21.3. The second kappa shape index (κ2) is 8.56. The average Bonchev–Trinajstić information content (AvgIpc) is 2.46. The lowest BCUT2D eigenvalue weighted by molar-refractivity contribution is -0.142. The fourth-order valence-electron chi connectivity index (χ4n) is 2.13. The molecular weight excluding hydrogens is 394 g/mol. The van der Waals surface area contributed by atoms with Crippen molar-refractivity contribution in [3.63, 3.8) is 0 Å². The zero-order chi connectivity index (χ0) is 18.5. The molecule has 0 aliphatic carbocycles. The van der Waals surface area contributed by atoms with Gasteiger partial charge in [0.05, 0.1) is 25.7 Å². The maximum absolute atomic E-state index is 12.7. The Labute approximate surface area is 155 Å². The van der Waals surface area contributed by atoms with Crippen LogP contribution in [0.3, 0.4) is 0 Å². The van der Waals surface area contributed by atoms with Gasteiger partial charge in [0.2, 0.25) is 0 Å². The maximum Gasteiger partial charge on any atom is 0.307 e. The highest BCUT2D eigenvalue weighted by atomic mass is 79.9. The molecule has 0 fully saturated rings. The maximum atomic E-state index is 12.7. The molecule has 0 radical (unpaired) electrons. The topological polar surface area (TPSA) is 70.6 Å². The molecule has 0 aromatic heterocycles. The molecule has 0 bridgehead atoms. The molecule has 1 unspecified atom stereocenters. The molecule has 1 aromatic rings. The second-order valence-electron chi connectivity index (χ2n) is 6.64. The summed E-state index contributed by atoms with van der Waals surface area (Å²) in [5, 5.41) is 0. The quantitative estimate of drug-likeness (QED) is 0.538. The average molecular weight is 420 g/mol. The number of esters is 1. The minimum atomic E-state index is -1.37. The molecule has 0 aliphatic heterocycles. The number of halogens is 1. The summed E-state index contributed by atoms with van der Waals surface area (Å²) >= 11 is 2.06. The molecule has 2 atom stereocenters. The fraction of sp³-hybridized carbons (Fsp3) is 0.588. The van der Waals surface area contributed by atoms with Gasteiger partial charge >= 0.3 is 5.97 Å². The van der Waals surface area contributed by atoms with Crippen molar-refractivity contribution < 1.29 is 18.8 Å². The lowest BCUT2D eigenvalue weighted by Crippen LogP contribution is -2.51. The van der Waals surface area contributed by atoms with Crippen LogP contribution in [0.4, 0.5) is 0 Å². The molecule has 24 heavy (non-hydrogen) atoms.